The van der Waals surface area contributed by atoms with Crippen molar-refractivity contribution in [3.63, 3.8) is 0 Å². The van der Waals surface area contributed by atoms with Crippen molar-refractivity contribution >= 4 is 0 Å². The van der Waals surface area contributed by atoms with Gasteiger partial charge in [-0.05, 0) is 44.1 Å². The monoisotopic (exact) mass is 296 g/mol. The van der Waals surface area contributed by atoms with Gasteiger partial charge in [0.15, 0.2) is 0 Å². The Bertz CT molecular complexity index is 331. The maximum Gasteiger partial charge on any atom is 0.0695 e. The van der Waals surface area contributed by atoms with Gasteiger partial charge >= 0.3 is 0 Å². The SMILES string of the molecule is CCC1CN(C2CC(C(C)(C)CC)CCC2O)CCN1C. The second-order valence-corrected chi connectivity index (χ2v) is 8.02. The van der Waals surface area contributed by atoms with E-state index in [0.717, 1.165) is 32.0 Å². The lowest BCUT2D eigenvalue weighted by Crippen LogP contribution is -2.58. The van der Waals surface area contributed by atoms with E-state index in [1.54, 1.807) is 0 Å². The summed E-state index contributed by atoms with van der Waals surface area (Å²) < 4.78 is 0. The van der Waals surface area contributed by atoms with Gasteiger partial charge in [-0.3, -0.25) is 4.90 Å². The molecule has 1 saturated carbocycles. The fourth-order valence-corrected chi connectivity index (χ4v) is 4.23. The van der Waals surface area contributed by atoms with Crippen molar-refractivity contribution < 1.29 is 5.11 Å². The molecule has 21 heavy (non-hydrogen) atoms. The normalized spacial score (nSPS) is 36.9. The van der Waals surface area contributed by atoms with Crippen LogP contribution in [0.3, 0.4) is 0 Å². The van der Waals surface area contributed by atoms with Crippen LogP contribution in [0, 0.1) is 11.3 Å². The van der Waals surface area contributed by atoms with Crippen molar-refractivity contribution in [2.45, 2.75) is 78.0 Å². The van der Waals surface area contributed by atoms with Crippen LogP contribution >= 0.6 is 0 Å². The Hall–Kier alpha value is -0.120. The summed E-state index contributed by atoms with van der Waals surface area (Å²) in [5, 5.41) is 10.5. The molecule has 1 aliphatic carbocycles. The summed E-state index contributed by atoms with van der Waals surface area (Å²) in [7, 11) is 2.24. The van der Waals surface area contributed by atoms with Crippen molar-refractivity contribution in [1.29, 1.82) is 0 Å². The van der Waals surface area contributed by atoms with Crippen LogP contribution in [-0.2, 0) is 0 Å². The number of aliphatic hydroxyl groups is 1. The summed E-state index contributed by atoms with van der Waals surface area (Å²) in [6.07, 6.45) is 5.70. The van der Waals surface area contributed by atoms with Crippen molar-refractivity contribution in [3.05, 3.63) is 0 Å². The zero-order valence-corrected chi connectivity index (χ0v) is 14.8. The van der Waals surface area contributed by atoms with Crippen molar-refractivity contribution in [3.8, 4) is 0 Å². The highest BCUT2D eigenvalue weighted by Gasteiger charge is 2.40. The third-order valence-electron chi connectivity index (χ3n) is 6.55. The second kappa shape index (κ2) is 6.97. The first-order valence-corrected chi connectivity index (χ1v) is 9.01. The molecular weight excluding hydrogens is 260 g/mol. The van der Waals surface area contributed by atoms with Crippen LogP contribution < -0.4 is 0 Å². The lowest BCUT2D eigenvalue weighted by Gasteiger charge is -2.49. The molecule has 4 unspecified atom stereocenters. The molecule has 1 aliphatic heterocycles. The van der Waals surface area contributed by atoms with Crippen LogP contribution in [0.2, 0.25) is 0 Å². The summed E-state index contributed by atoms with van der Waals surface area (Å²) in [5.41, 5.74) is 0.412. The highest BCUT2D eigenvalue weighted by Crippen LogP contribution is 2.42. The molecule has 3 heteroatoms. The lowest BCUT2D eigenvalue weighted by atomic mass is 9.67. The molecule has 0 radical (unpaired) electrons. The molecule has 0 spiro atoms. The molecule has 2 fully saturated rings. The first-order valence-electron chi connectivity index (χ1n) is 9.01. The quantitative estimate of drug-likeness (QED) is 0.864. The second-order valence-electron chi connectivity index (χ2n) is 8.02. The van der Waals surface area contributed by atoms with Crippen LogP contribution in [0.5, 0.6) is 0 Å². The van der Waals surface area contributed by atoms with Crippen LogP contribution in [-0.4, -0.2) is 59.8 Å². The van der Waals surface area contributed by atoms with Crippen LogP contribution in [0.15, 0.2) is 0 Å². The van der Waals surface area contributed by atoms with Gasteiger partial charge in [0.2, 0.25) is 0 Å². The molecule has 1 heterocycles. The van der Waals surface area contributed by atoms with Gasteiger partial charge in [-0.15, -0.1) is 0 Å². The van der Waals surface area contributed by atoms with E-state index >= 15 is 0 Å². The molecule has 0 aromatic heterocycles. The third-order valence-corrected chi connectivity index (χ3v) is 6.55. The molecule has 3 nitrogen and oxygen atoms in total. The highest BCUT2D eigenvalue weighted by atomic mass is 16.3. The number of rotatable bonds is 4. The first kappa shape index (κ1) is 17.2. The summed E-state index contributed by atoms with van der Waals surface area (Å²) in [5.74, 6) is 0.760. The van der Waals surface area contributed by atoms with Gasteiger partial charge in [0, 0.05) is 31.7 Å². The minimum atomic E-state index is -0.116. The molecule has 0 amide bonds. The van der Waals surface area contributed by atoms with Gasteiger partial charge in [-0.2, -0.15) is 0 Å². The maximum atomic E-state index is 10.5. The van der Waals surface area contributed by atoms with E-state index < -0.39 is 0 Å². The Morgan fingerprint density at radius 3 is 2.48 bits per heavy atom. The number of hydrogen-bond acceptors (Lipinski definition) is 3. The molecule has 2 rings (SSSR count). The van der Waals surface area contributed by atoms with E-state index in [1.165, 1.54) is 25.7 Å². The average molecular weight is 296 g/mol. The van der Waals surface area contributed by atoms with E-state index in [2.05, 4.69) is 44.5 Å². The Morgan fingerprint density at radius 2 is 1.86 bits per heavy atom. The molecule has 0 aromatic rings. The zero-order chi connectivity index (χ0) is 15.6. The van der Waals surface area contributed by atoms with Crippen molar-refractivity contribution in [2.24, 2.45) is 11.3 Å². The third kappa shape index (κ3) is 3.80. The van der Waals surface area contributed by atoms with E-state index in [9.17, 15) is 5.11 Å². The Morgan fingerprint density at radius 1 is 1.14 bits per heavy atom. The molecule has 1 N–H and O–H groups in total. The van der Waals surface area contributed by atoms with Gasteiger partial charge < -0.3 is 10.0 Å². The number of piperazine rings is 1. The summed E-state index contributed by atoms with van der Waals surface area (Å²) >= 11 is 0. The molecule has 4 atom stereocenters. The predicted octanol–water partition coefficient (Wildman–Crippen LogP) is 2.98. The van der Waals surface area contributed by atoms with E-state index in [-0.39, 0.29) is 6.10 Å². The van der Waals surface area contributed by atoms with Crippen LogP contribution in [0.4, 0.5) is 0 Å². The topological polar surface area (TPSA) is 26.7 Å². The fourth-order valence-electron chi connectivity index (χ4n) is 4.23. The number of nitrogens with zero attached hydrogens (tertiary/aromatic N) is 2. The standard InChI is InChI=1S/C18H36N2O/c1-6-15-13-20(11-10-19(15)5)16-12-14(8-9-17(16)21)18(3,4)7-2/h14-17,21H,6-13H2,1-5H3. The summed E-state index contributed by atoms with van der Waals surface area (Å²) in [6, 6.07) is 1.04. The average Bonchev–Trinajstić information content (AvgIpc) is 2.48. The predicted molar refractivity (Wildman–Crippen MR) is 89.5 cm³/mol. The van der Waals surface area contributed by atoms with E-state index in [0.29, 0.717) is 17.5 Å². The van der Waals surface area contributed by atoms with Crippen molar-refractivity contribution in [1.82, 2.24) is 9.80 Å². The zero-order valence-electron chi connectivity index (χ0n) is 14.8. The van der Waals surface area contributed by atoms with Crippen LogP contribution in [0.25, 0.3) is 0 Å². The number of likely N-dealkylation sites (N-methyl/N-ethyl adjacent to an activating group) is 1. The van der Waals surface area contributed by atoms with Gasteiger partial charge in [-0.1, -0.05) is 34.1 Å². The Kier molecular flexibility index (Phi) is 5.72. The molecule has 124 valence electrons. The Labute approximate surface area is 131 Å². The molecule has 1 saturated heterocycles. The maximum absolute atomic E-state index is 10.5. The highest BCUT2D eigenvalue weighted by molar-refractivity contribution is 4.94. The Balaban J connectivity index is 2.03. The summed E-state index contributed by atoms with van der Waals surface area (Å²) in [4.78, 5) is 5.08. The molecule has 0 aromatic carbocycles. The molecule has 0 bridgehead atoms. The molecular formula is C18H36N2O. The minimum Gasteiger partial charge on any atom is -0.391 e. The summed E-state index contributed by atoms with van der Waals surface area (Å²) in [6.45, 7) is 12.8. The van der Waals surface area contributed by atoms with Gasteiger partial charge in [0.05, 0.1) is 6.10 Å². The smallest absolute Gasteiger partial charge is 0.0695 e. The minimum absolute atomic E-state index is 0.116. The molecule has 2 aliphatic rings. The van der Waals surface area contributed by atoms with Gasteiger partial charge in [0.1, 0.15) is 0 Å². The van der Waals surface area contributed by atoms with Crippen molar-refractivity contribution in [2.75, 3.05) is 26.7 Å². The first-order chi connectivity index (χ1) is 9.89. The van der Waals surface area contributed by atoms with Crippen LogP contribution in [0.1, 0.15) is 59.8 Å². The fraction of sp³-hybridized carbons (Fsp3) is 1.00. The largest absolute Gasteiger partial charge is 0.391 e. The van der Waals surface area contributed by atoms with Gasteiger partial charge in [0.25, 0.3) is 0 Å². The van der Waals surface area contributed by atoms with E-state index in [1.807, 2.05) is 0 Å². The van der Waals surface area contributed by atoms with Gasteiger partial charge in [-0.25, -0.2) is 0 Å². The van der Waals surface area contributed by atoms with E-state index in [4.69, 9.17) is 0 Å². The lowest BCUT2D eigenvalue weighted by molar-refractivity contribution is -0.0450. The number of aliphatic hydroxyl groups excluding tert-OH is 1. The number of hydrogen-bond donors (Lipinski definition) is 1.